The number of aryl methyl sites for hydroxylation is 1. The second kappa shape index (κ2) is 10.8. The second-order valence-corrected chi connectivity index (χ2v) is 6.44. The lowest BCUT2D eigenvalue weighted by Gasteiger charge is -2.18. The molecule has 0 aliphatic rings. The smallest absolute Gasteiger partial charge is 0.263 e. The van der Waals surface area contributed by atoms with Gasteiger partial charge in [-0.15, -0.1) is 0 Å². The molecular weight excluding hydrogens is 366 g/mol. The molecule has 152 valence electrons. The van der Waals surface area contributed by atoms with Crippen LogP contribution < -0.4 is 20.1 Å². The summed E-state index contributed by atoms with van der Waals surface area (Å²) < 4.78 is 11.1. The Balaban J connectivity index is 2.08. The lowest BCUT2D eigenvalue weighted by Crippen LogP contribution is -2.28. The number of hydrogen-bond acceptors (Lipinski definition) is 5. The molecule has 0 aromatic heterocycles. The number of nitriles is 1. The molecule has 0 aliphatic heterocycles. The van der Waals surface area contributed by atoms with E-state index in [-0.39, 0.29) is 11.6 Å². The Morgan fingerprint density at radius 2 is 1.83 bits per heavy atom. The molecule has 2 rings (SSSR count). The molecule has 1 unspecified atom stereocenters. The van der Waals surface area contributed by atoms with Gasteiger partial charge in [0.1, 0.15) is 23.1 Å². The van der Waals surface area contributed by atoms with Crippen LogP contribution in [0.4, 0.5) is 5.69 Å². The number of carbonyl (C=O) groups excluding carboxylic acids is 1. The largest absolute Gasteiger partial charge is 0.494 e. The maximum atomic E-state index is 12.6. The van der Waals surface area contributed by atoms with Crippen LogP contribution >= 0.6 is 0 Å². The molecule has 0 saturated carbocycles. The van der Waals surface area contributed by atoms with Crippen molar-refractivity contribution in [2.75, 3.05) is 18.5 Å². The highest BCUT2D eigenvalue weighted by Crippen LogP contribution is 2.26. The highest BCUT2D eigenvalue weighted by atomic mass is 16.5. The van der Waals surface area contributed by atoms with Gasteiger partial charge in [-0.25, -0.2) is 0 Å². The molecule has 0 radical (unpaired) electrons. The van der Waals surface area contributed by atoms with Crippen LogP contribution in [0.15, 0.2) is 54.2 Å². The van der Waals surface area contributed by atoms with E-state index >= 15 is 0 Å². The summed E-state index contributed by atoms with van der Waals surface area (Å²) in [5, 5.41) is 15.2. The first kappa shape index (κ1) is 21.8. The number of rotatable bonds is 9. The number of benzene rings is 2. The van der Waals surface area contributed by atoms with Crippen molar-refractivity contribution in [2.45, 2.75) is 33.7 Å². The van der Waals surface area contributed by atoms with Crippen molar-refractivity contribution in [2.24, 2.45) is 0 Å². The summed E-state index contributed by atoms with van der Waals surface area (Å²) in [5.41, 5.74) is 2.67. The first-order valence-corrected chi connectivity index (χ1v) is 9.62. The first-order chi connectivity index (χ1) is 14.0. The molecule has 2 N–H and O–H groups in total. The van der Waals surface area contributed by atoms with Crippen LogP contribution in [0, 0.1) is 18.3 Å². The second-order valence-electron chi connectivity index (χ2n) is 6.44. The van der Waals surface area contributed by atoms with Gasteiger partial charge in [0, 0.05) is 17.5 Å². The van der Waals surface area contributed by atoms with E-state index in [4.69, 9.17) is 9.47 Å². The topological polar surface area (TPSA) is 83.4 Å². The normalized spacial score (nSPS) is 11.9. The van der Waals surface area contributed by atoms with E-state index in [9.17, 15) is 10.1 Å². The Hall–Kier alpha value is -3.46. The Labute approximate surface area is 172 Å². The molecule has 0 heterocycles. The van der Waals surface area contributed by atoms with Crippen molar-refractivity contribution in [1.82, 2.24) is 5.32 Å². The van der Waals surface area contributed by atoms with Crippen LogP contribution in [-0.2, 0) is 4.79 Å². The third-order valence-electron chi connectivity index (χ3n) is 4.19. The summed E-state index contributed by atoms with van der Waals surface area (Å²) >= 11 is 0. The van der Waals surface area contributed by atoms with Gasteiger partial charge in [-0.3, -0.25) is 4.79 Å². The van der Waals surface area contributed by atoms with Gasteiger partial charge in [-0.2, -0.15) is 5.26 Å². The van der Waals surface area contributed by atoms with E-state index < -0.39 is 5.91 Å². The molecule has 0 saturated heterocycles. The van der Waals surface area contributed by atoms with Crippen LogP contribution in [0.5, 0.6) is 11.5 Å². The van der Waals surface area contributed by atoms with Crippen molar-refractivity contribution in [3.05, 3.63) is 65.4 Å². The predicted molar refractivity (Wildman–Crippen MR) is 114 cm³/mol. The van der Waals surface area contributed by atoms with E-state index in [1.807, 2.05) is 76.2 Å². The summed E-state index contributed by atoms with van der Waals surface area (Å²) in [5.74, 6) is 1.03. The molecule has 2 aromatic rings. The summed E-state index contributed by atoms with van der Waals surface area (Å²) in [6.45, 7) is 8.80. The fourth-order valence-corrected chi connectivity index (χ4v) is 2.76. The molecule has 0 bridgehead atoms. The van der Waals surface area contributed by atoms with Crippen molar-refractivity contribution in [3.63, 3.8) is 0 Å². The van der Waals surface area contributed by atoms with Gasteiger partial charge in [0.25, 0.3) is 5.91 Å². The number of hydrogen-bond donors (Lipinski definition) is 2. The average molecular weight is 393 g/mol. The molecule has 0 spiro atoms. The van der Waals surface area contributed by atoms with E-state index in [1.54, 1.807) is 0 Å². The van der Waals surface area contributed by atoms with Crippen LogP contribution in [0.1, 0.15) is 37.9 Å². The molecule has 0 aliphatic carbocycles. The first-order valence-electron chi connectivity index (χ1n) is 9.62. The molecule has 6 nitrogen and oxygen atoms in total. The van der Waals surface area contributed by atoms with Gasteiger partial charge in [0.05, 0.1) is 19.3 Å². The number of anilines is 1. The lowest BCUT2D eigenvalue weighted by molar-refractivity contribution is -0.117. The van der Waals surface area contributed by atoms with Crippen molar-refractivity contribution < 1.29 is 14.3 Å². The molecule has 6 heteroatoms. The minimum Gasteiger partial charge on any atom is -0.494 e. The molecular formula is C23H27N3O3. The molecule has 29 heavy (non-hydrogen) atoms. The van der Waals surface area contributed by atoms with Crippen molar-refractivity contribution >= 4 is 11.6 Å². The standard InChI is InChI=1S/C23H27N3O3/c1-5-28-20-10-8-19(9-11-20)25-15-18(14-24)23(27)26-17(4)21-13-16(3)7-12-22(21)29-6-2/h7-13,15,17,25H,5-6H2,1-4H3,(H,26,27)/b18-15-. The van der Waals surface area contributed by atoms with Gasteiger partial charge in [-0.1, -0.05) is 17.7 Å². The SMILES string of the molecule is CCOc1ccc(N/C=C(/C#N)C(=O)NC(C)c2cc(C)ccc2OCC)cc1. The van der Waals surface area contributed by atoms with Gasteiger partial charge in [0.15, 0.2) is 0 Å². The summed E-state index contributed by atoms with van der Waals surface area (Å²) in [6, 6.07) is 14.7. The third-order valence-corrected chi connectivity index (χ3v) is 4.19. The van der Waals surface area contributed by atoms with Crippen LogP contribution in [0.25, 0.3) is 0 Å². The zero-order valence-electron chi connectivity index (χ0n) is 17.3. The van der Waals surface area contributed by atoms with E-state index in [1.165, 1.54) is 6.20 Å². The Kier molecular flexibility index (Phi) is 8.11. The molecule has 1 amide bonds. The lowest BCUT2D eigenvalue weighted by atomic mass is 10.0. The van der Waals surface area contributed by atoms with Crippen molar-refractivity contribution in [3.8, 4) is 17.6 Å². The van der Waals surface area contributed by atoms with Crippen LogP contribution in [0.3, 0.4) is 0 Å². The molecule has 1 atom stereocenters. The minimum atomic E-state index is -0.456. The maximum Gasteiger partial charge on any atom is 0.263 e. The van der Waals surface area contributed by atoms with Gasteiger partial charge < -0.3 is 20.1 Å². The van der Waals surface area contributed by atoms with Crippen LogP contribution in [-0.4, -0.2) is 19.1 Å². The number of ether oxygens (including phenoxy) is 2. The zero-order chi connectivity index (χ0) is 21.2. The van der Waals surface area contributed by atoms with E-state index in [0.717, 1.165) is 28.3 Å². The Bertz CT molecular complexity index is 899. The quantitative estimate of drug-likeness (QED) is 0.484. The molecule has 0 fully saturated rings. The zero-order valence-corrected chi connectivity index (χ0v) is 17.3. The molecule has 2 aromatic carbocycles. The average Bonchev–Trinajstić information content (AvgIpc) is 2.71. The Morgan fingerprint density at radius 1 is 1.14 bits per heavy atom. The fourth-order valence-electron chi connectivity index (χ4n) is 2.76. The van der Waals surface area contributed by atoms with Gasteiger partial charge in [0.2, 0.25) is 0 Å². The minimum absolute atomic E-state index is 0.0173. The third kappa shape index (κ3) is 6.28. The van der Waals surface area contributed by atoms with Gasteiger partial charge >= 0.3 is 0 Å². The summed E-state index contributed by atoms with van der Waals surface area (Å²) in [4.78, 5) is 12.6. The maximum absolute atomic E-state index is 12.6. The number of nitrogens with zero attached hydrogens (tertiary/aromatic N) is 1. The Morgan fingerprint density at radius 3 is 2.45 bits per heavy atom. The van der Waals surface area contributed by atoms with E-state index in [2.05, 4.69) is 10.6 Å². The predicted octanol–water partition coefficient (Wildman–Crippen LogP) is 4.49. The monoisotopic (exact) mass is 393 g/mol. The van der Waals surface area contributed by atoms with Crippen LogP contribution in [0.2, 0.25) is 0 Å². The summed E-state index contributed by atoms with van der Waals surface area (Å²) in [6.07, 6.45) is 1.40. The summed E-state index contributed by atoms with van der Waals surface area (Å²) in [7, 11) is 0. The number of carbonyl (C=O) groups is 1. The highest BCUT2D eigenvalue weighted by molar-refractivity contribution is 5.97. The number of amides is 1. The van der Waals surface area contributed by atoms with Gasteiger partial charge in [-0.05, 0) is 58.0 Å². The van der Waals surface area contributed by atoms with E-state index in [0.29, 0.717) is 13.2 Å². The highest BCUT2D eigenvalue weighted by Gasteiger charge is 2.17. The van der Waals surface area contributed by atoms with Crippen molar-refractivity contribution in [1.29, 1.82) is 5.26 Å². The number of nitrogens with one attached hydrogen (secondary N) is 2. The fraction of sp³-hybridized carbons (Fsp3) is 0.304.